The molecule has 1 aromatic carbocycles. The molecular formula is C18H23N3O2. The number of fused-ring (bicyclic) bond motifs is 1. The van der Waals surface area contributed by atoms with Crippen molar-refractivity contribution in [2.24, 2.45) is 0 Å². The molecule has 5 heteroatoms. The Labute approximate surface area is 136 Å². The first-order chi connectivity index (χ1) is 11.2. The first kappa shape index (κ1) is 15.6. The summed E-state index contributed by atoms with van der Waals surface area (Å²) in [6.45, 7) is 2.87. The zero-order chi connectivity index (χ0) is 16.2. The van der Waals surface area contributed by atoms with Gasteiger partial charge in [0.15, 0.2) is 0 Å². The van der Waals surface area contributed by atoms with Crippen LogP contribution >= 0.6 is 0 Å². The van der Waals surface area contributed by atoms with E-state index in [1.54, 1.807) is 7.11 Å². The molecular weight excluding hydrogens is 290 g/mol. The number of imidazole rings is 1. The minimum atomic E-state index is 0.0944. The topological polar surface area (TPSA) is 56.1 Å². The maximum absolute atomic E-state index is 12.4. The molecule has 0 saturated heterocycles. The Bertz CT molecular complexity index is 680. The number of carbonyl (C=O) groups excluding carboxylic acids is 1. The van der Waals surface area contributed by atoms with Gasteiger partial charge in [-0.3, -0.25) is 4.79 Å². The summed E-state index contributed by atoms with van der Waals surface area (Å²) in [7, 11) is 1.66. The number of methoxy groups -OCH3 is 1. The summed E-state index contributed by atoms with van der Waals surface area (Å²) < 4.78 is 7.51. The van der Waals surface area contributed by atoms with Gasteiger partial charge in [-0.1, -0.05) is 25.1 Å². The molecule has 0 fully saturated rings. The van der Waals surface area contributed by atoms with Crippen LogP contribution in [-0.2, 0) is 17.8 Å². The van der Waals surface area contributed by atoms with Crippen molar-refractivity contribution >= 4 is 5.91 Å². The molecule has 122 valence electrons. The smallest absolute Gasteiger partial charge is 0.220 e. The number of aryl methyl sites for hydroxylation is 1. The lowest BCUT2D eigenvalue weighted by molar-refractivity contribution is -0.122. The number of nitrogens with one attached hydrogen (secondary N) is 1. The van der Waals surface area contributed by atoms with Crippen LogP contribution in [0.1, 0.15) is 37.1 Å². The number of carbonyl (C=O) groups is 1. The number of hydrogen-bond acceptors (Lipinski definition) is 3. The van der Waals surface area contributed by atoms with Gasteiger partial charge in [-0.05, 0) is 24.0 Å². The first-order valence-electron chi connectivity index (χ1n) is 8.09. The summed E-state index contributed by atoms with van der Waals surface area (Å²) in [6, 6.07) is 8.07. The lowest BCUT2D eigenvalue weighted by Gasteiger charge is -2.25. The van der Waals surface area contributed by atoms with Gasteiger partial charge in [-0.25, -0.2) is 4.98 Å². The zero-order valence-corrected chi connectivity index (χ0v) is 13.7. The number of aromatic nitrogens is 2. The van der Waals surface area contributed by atoms with E-state index >= 15 is 0 Å². The maximum Gasteiger partial charge on any atom is 0.220 e. The predicted octanol–water partition coefficient (Wildman–Crippen LogP) is 2.52. The second-order valence-electron chi connectivity index (χ2n) is 6.15. The summed E-state index contributed by atoms with van der Waals surface area (Å²) in [5, 5.41) is 3.16. The van der Waals surface area contributed by atoms with E-state index in [2.05, 4.69) is 21.8 Å². The molecule has 0 radical (unpaired) electrons. The van der Waals surface area contributed by atoms with Gasteiger partial charge in [0.05, 0.1) is 7.11 Å². The average molecular weight is 313 g/mol. The van der Waals surface area contributed by atoms with E-state index in [1.165, 1.54) is 0 Å². The molecule has 0 bridgehead atoms. The van der Waals surface area contributed by atoms with Crippen LogP contribution < -0.4 is 10.1 Å². The molecule has 2 aromatic rings. The monoisotopic (exact) mass is 313 g/mol. The molecule has 0 spiro atoms. The Hall–Kier alpha value is -2.30. The van der Waals surface area contributed by atoms with Crippen molar-refractivity contribution < 1.29 is 9.53 Å². The molecule has 1 aromatic heterocycles. The molecule has 0 aliphatic carbocycles. The number of rotatable bonds is 5. The third-order valence-electron chi connectivity index (χ3n) is 4.46. The van der Waals surface area contributed by atoms with E-state index in [-0.39, 0.29) is 17.9 Å². The number of benzene rings is 1. The second-order valence-corrected chi connectivity index (χ2v) is 6.15. The largest absolute Gasteiger partial charge is 0.496 e. The van der Waals surface area contributed by atoms with Crippen LogP contribution in [0.3, 0.4) is 0 Å². The Kier molecular flexibility index (Phi) is 4.65. The van der Waals surface area contributed by atoms with E-state index in [0.29, 0.717) is 6.42 Å². The average Bonchev–Trinajstić information content (AvgIpc) is 3.02. The second kappa shape index (κ2) is 6.86. The van der Waals surface area contributed by atoms with Gasteiger partial charge in [0, 0.05) is 37.8 Å². The Morgan fingerprint density at radius 2 is 2.30 bits per heavy atom. The summed E-state index contributed by atoms with van der Waals surface area (Å²) >= 11 is 0. The molecule has 5 nitrogen and oxygen atoms in total. The number of nitrogens with zero attached hydrogens (tertiary/aromatic N) is 2. The Balaban J connectivity index is 1.57. The Morgan fingerprint density at radius 1 is 1.48 bits per heavy atom. The van der Waals surface area contributed by atoms with Gasteiger partial charge in [0.2, 0.25) is 5.91 Å². The highest BCUT2D eigenvalue weighted by Crippen LogP contribution is 2.28. The molecule has 1 N–H and O–H groups in total. The van der Waals surface area contributed by atoms with Crippen LogP contribution in [0.4, 0.5) is 0 Å². The van der Waals surface area contributed by atoms with Gasteiger partial charge < -0.3 is 14.6 Å². The standard InChI is InChI=1S/C18H23N3O2/c1-13(15-5-3-4-6-16(15)23-2)11-18(22)20-14-7-8-17-19-9-10-21(17)12-14/h3-6,9-10,13-14H,7-8,11-12H2,1-2H3,(H,20,22)/t13-,14-/m0/s1. The van der Waals surface area contributed by atoms with Crippen molar-refractivity contribution in [3.63, 3.8) is 0 Å². The molecule has 0 unspecified atom stereocenters. The zero-order valence-electron chi connectivity index (χ0n) is 13.7. The van der Waals surface area contributed by atoms with Gasteiger partial charge in [0.25, 0.3) is 0 Å². The highest BCUT2D eigenvalue weighted by Gasteiger charge is 2.22. The lowest BCUT2D eigenvalue weighted by atomic mass is 9.96. The van der Waals surface area contributed by atoms with Crippen molar-refractivity contribution in [1.82, 2.24) is 14.9 Å². The van der Waals surface area contributed by atoms with Crippen molar-refractivity contribution in [3.05, 3.63) is 48.0 Å². The summed E-state index contributed by atoms with van der Waals surface area (Å²) in [4.78, 5) is 16.7. The van der Waals surface area contributed by atoms with Gasteiger partial charge >= 0.3 is 0 Å². The fourth-order valence-electron chi connectivity index (χ4n) is 3.23. The summed E-state index contributed by atoms with van der Waals surface area (Å²) in [5.41, 5.74) is 1.07. The van der Waals surface area contributed by atoms with Crippen molar-refractivity contribution in [1.29, 1.82) is 0 Å². The van der Waals surface area contributed by atoms with Crippen molar-refractivity contribution in [2.45, 2.75) is 44.7 Å². The van der Waals surface area contributed by atoms with E-state index < -0.39 is 0 Å². The fourth-order valence-corrected chi connectivity index (χ4v) is 3.23. The van der Waals surface area contributed by atoms with Crippen LogP contribution in [0.5, 0.6) is 5.75 Å². The molecule has 2 heterocycles. The highest BCUT2D eigenvalue weighted by atomic mass is 16.5. The molecule has 1 aliphatic heterocycles. The van der Waals surface area contributed by atoms with E-state index in [4.69, 9.17) is 4.74 Å². The maximum atomic E-state index is 12.4. The molecule has 23 heavy (non-hydrogen) atoms. The van der Waals surface area contributed by atoms with Gasteiger partial charge in [-0.2, -0.15) is 0 Å². The number of amides is 1. The molecule has 1 amide bonds. The molecule has 3 rings (SSSR count). The molecule has 2 atom stereocenters. The fraction of sp³-hybridized carbons (Fsp3) is 0.444. The van der Waals surface area contributed by atoms with Gasteiger partial charge in [-0.15, -0.1) is 0 Å². The van der Waals surface area contributed by atoms with E-state index in [1.807, 2.05) is 36.7 Å². The SMILES string of the molecule is COc1ccccc1[C@@H](C)CC(=O)N[C@H]1CCc2nccn2C1. The highest BCUT2D eigenvalue weighted by molar-refractivity contribution is 5.77. The van der Waals surface area contributed by atoms with Crippen LogP contribution in [0.25, 0.3) is 0 Å². The quantitative estimate of drug-likeness (QED) is 0.923. The molecule has 1 aliphatic rings. The van der Waals surface area contributed by atoms with E-state index in [0.717, 1.165) is 36.5 Å². The van der Waals surface area contributed by atoms with Crippen molar-refractivity contribution in [3.8, 4) is 5.75 Å². The van der Waals surface area contributed by atoms with Crippen molar-refractivity contribution in [2.75, 3.05) is 7.11 Å². The summed E-state index contributed by atoms with van der Waals surface area (Å²) in [6.07, 6.45) is 6.13. The van der Waals surface area contributed by atoms with Gasteiger partial charge in [0.1, 0.15) is 11.6 Å². The van der Waals surface area contributed by atoms with Crippen LogP contribution in [-0.4, -0.2) is 28.6 Å². The predicted molar refractivity (Wildman–Crippen MR) is 88.5 cm³/mol. The minimum absolute atomic E-state index is 0.0944. The normalized spacial score (nSPS) is 18.1. The Morgan fingerprint density at radius 3 is 3.13 bits per heavy atom. The first-order valence-corrected chi connectivity index (χ1v) is 8.09. The van der Waals surface area contributed by atoms with E-state index in [9.17, 15) is 4.79 Å². The summed E-state index contributed by atoms with van der Waals surface area (Å²) in [5.74, 6) is 2.17. The van der Waals surface area contributed by atoms with Crippen LogP contribution in [0.15, 0.2) is 36.7 Å². The minimum Gasteiger partial charge on any atom is -0.496 e. The lowest BCUT2D eigenvalue weighted by Crippen LogP contribution is -2.41. The van der Waals surface area contributed by atoms with Crippen LogP contribution in [0.2, 0.25) is 0 Å². The number of para-hydroxylation sites is 1. The number of hydrogen-bond donors (Lipinski definition) is 1. The molecule has 0 saturated carbocycles. The van der Waals surface area contributed by atoms with Crippen LogP contribution in [0, 0.1) is 0 Å². The third kappa shape index (κ3) is 3.55. The number of ether oxygens (including phenoxy) is 1. The third-order valence-corrected chi connectivity index (χ3v) is 4.46.